The maximum Gasteiger partial charge on any atom is 0.339 e. The van der Waals surface area contributed by atoms with E-state index in [0.717, 1.165) is 62.2 Å². The number of carbonyl (C=O) groups is 1. The molecule has 0 radical (unpaired) electrons. The molecule has 1 N–H and O–H groups in total. The molecular weight excluding hydrogens is 424 g/mol. The van der Waals surface area contributed by atoms with Crippen LogP contribution in [0.4, 0.5) is 0 Å². The Morgan fingerprint density at radius 2 is 2.03 bits per heavy atom. The maximum atomic E-state index is 12.9. The van der Waals surface area contributed by atoms with Gasteiger partial charge in [-0.15, -0.1) is 0 Å². The third kappa shape index (κ3) is 5.17. The van der Waals surface area contributed by atoms with Crippen LogP contribution in [0.1, 0.15) is 43.4 Å². The van der Waals surface area contributed by atoms with Crippen molar-refractivity contribution in [3.63, 3.8) is 0 Å². The second-order valence-corrected chi connectivity index (χ2v) is 9.42. The monoisotopic (exact) mass is 458 g/mol. The van der Waals surface area contributed by atoms with Crippen LogP contribution in [0, 0.1) is 6.92 Å². The van der Waals surface area contributed by atoms with Crippen LogP contribution in [0.2, 0.25) is 0 Å². The lowest BCUT2D eigenvalue weighted by atomic mass is 9.91. The highest BCUT2D eigenvalue weighted by Gasteiger charge is 2.31. The third-order valence-electron chi connectivity index (χ3n) is 6.62. The fourth-order valence-electron chi connectivity index (χ4n) is 4.64. The van der Waals surface area contributed by atoms with Crippen molar-refractivity contribution in [2.24, 2.45) is 0 Å². The van der Waals surface area contributed by atoms with Crippen LogP contribution in [0.25, 0.3) is 11.0 Å². The van der Waals surface area contributed by atoms with Gasteiger partial charge < -0.3 is 23.9 Å². The summed E-state index contributed by atoms with van der Waals surface area (Å²) in [6.45, 7) is 10.6. The van der Waals surface area contributed by atoms with Crippen molar-refractivity contribution in [3.05, 3.63) is 33.2 Å². The number of nitrogens with zero attached hydrogens (tertiary/aromatic N) is 1. The van der Waals surface area contributed by atoms with Gasteiger partial charge in [0.25, 0.3) is 0 Å². The molecule has 2 aliphatic heterocycles. The lowest BCUT2D eigenvalue weighted by molar-refractivity contribution is -0.121. The van der Waals surface area contributed by atoms with Gasteiger partial charge in [-0.3, -0.25) is 9.69 Å². The van der Waals surface area contributed by atoms with Crippen molar-refractivity contribution in [1.82, 2.24) is 10.2 Å². The molecule has 0 spiro atoms. The van der Waals surface area contributed by atoms with Crippen LogP contribution in [0.3, 0.4) is 0 Å². The molecule has 1 saturated heterocycles. The Bertz CT molecular complexity index is 1080. The predicted octanol–water partition coefficient (Wildman–Crippen LogP) is 2.59. The number of rotatable bonds is 7. The van der Waals surface area contributed by atoms with Crippen LogP contribution >= 0.6 is 0 Å². The highest BCUT2D eigenvalue weighted by molar-refractivity contribution is 5.92. The van der Waals surface area contributed by atoms with Crippen molar-refractivity contribution >= 4 is 16.9 Å². The van der Waals surface area contributed by atoms with Crippen LogP contribution < -0.4 is 20.4 Å². The van der Waals surface area contributed by atoms with Gasteiger partial charge in [-0.2, -0.15) is 0 Å². The summed E-state index contributed by atoms with van der Waals surface area (Å²) in [5.74, 6) is 1.24. The number of carbonyl (C=O) groups excluding carboxylic acids is 1. The molecule has 1 amide bonds. The molecule has 3 heterocycles. The molecule has 0 unspecified atom stereocenters. The first-order chi connectivity index (χ1) is 15.8. The highest BCUT2D eigenvalue weighted by atomic mass is 16.5. The number of hydrogen-bond donors (Lipinski definition) is 1. The Labute approximate surface area is 194 Å². The number of aryl methyl sites for hydroxylation is 2. The van der Waals surface area contributed by atoms with E-state index in [2.05, 4.69) is 10.2 Å². The predicted molar refractivity (Wildman–Crippen MR) is 125 cm³/mol. The van der Waals surface area contributed by atoms with Crippen LogP contribution in [0.15, 0.2) is 15.3 Å². The Hall–Kier alpha value is -2.58. The molecule has 1 fully saturated rings. The number of amides is 1. The molecule has 8 nitrogen and oxygen atoms in total. The zero-order valence-electron chi connectivity index (χ0n) is 20.0. The van der Waals surface area contributed by atoms with Gasteiger partial charge in [-0.1, -0.05) is 0 Å². The summed E-state index contributed by atoms with van der Waals surface area (Å²) in [7, 11) is 1.60. The smallest absolute Gasteiger partial charge is 0.339 e. The number of methoxy groups -OCH3 is 1. The van der Waals surface area contributed by atoms with Crippen molar-refractivity contribution in [3.8, 4) is 11.5 Å². The number of hydrogen-bond acceptors (Lipinski definition) is 7. The van der Waals surface area contributed by atoms with Gasteiger partial charge in [0, 0.05) is 49.8 Å². The molecule has 1 aromatic heterocycles. The number of nitrogens with one attached hydrogen (secondary N) is 1. The van der Waals surface area contributed by atoms with Crippen LogP contribution in [-0.2, 0) is 22.4 Å². The Balaban J connectivity index is 1.50. The lowest BCUT2D eigenvalue weighted by Crippen LogP contribution is -2.41. The molecular formula is C25H34N2O6. The van der Waals surface area contributed by atoms with E-state index in [9.17, 15) is 9.59 Å². The number of morpholine rings is 1. The van der Waals surface area contributed by atoms with Gasteiger partial charge in [0.05, 0.1) is 25.7 Å². The van der Waals surface area contributed by atoms with E-state index in [0.29, 0.717) is 35.6 Å². The average molecular weight is 459 g/mol. The first-order valence-electron chi connectivity index (χ1n) is 11.7. The van der Waals surface area contributed by atoms with E-state index in [1.165, 1.54) is 0 Å². The SMILES string of the molecule is COc1cc2c(c3oc(=O)c(CCC(=O)NCCN4CCOCC4)c(C)c13)CCC(C)(C)O2. The first kappa shape index (κ1) is 23.6. The third-order valence-corrected chi connectivity index (χ3v) is 6.62. The topological polar surface area (TPSA) is 90.2 Å². The Morgan fingerprint density at radius 3 is 2.76 bits per heavy atom. The van der Waals surface area contributed by atoms with Crippen molar-refractivity contribution in [1.29, 1.82) is 0 Å². The normalized spacial score (nSPS) is 17.9. The Kier molecular flexibility index (Phi) is 6.95. The molecule has 180 valence electrons. The summed E-state index contributed by atoms with van der Waals surface area (Å²) >= 11 is 0. The summed E-state index contributed by atoms with van der Waals surface area (Å²) in [4.78, 5) is 27.6. The molecule has 2 aromatic rings. The minimum absolute atomic E-state index is 0.0739. The summed E-state index contributed by atoms with van der Waals surface area (Å²) in [6, 6.07) is 1.88. The lowest BCUT2D eigenvalue weighted by Gasteiger charge is -2.33. The zero-order chi connectivity index (χ0) is 23.6. The summed E-state index contributed by atoms with van der Waals surface area (Å²) in [5, 5.41) is 3.73. The fraction of sp³-hybridized carbons (Fsp3) is 0.600. The van der Waals surface area contributed by atoms with Crippen molar-refractivity contribution < 1.29 is 23.4 Å². The maximum absolute atomic E-state index is 12.9. The zero-order valence-corrected chi connectivity index (χ0v) is 20.0. The standard InChI is InChI=1S/C25H34N2O6/c1-16-17(5-6-21(28)26-9-10-27-11-13-31-14-12-27)24(29)32-23-18-7-8-25(2,3)33-19(18)15-20(30-4)22(16)23/h15H,5-14H2,1-4H3,(H,26,28). The van der Waals surface area contributed by atoms with E-state index in [-0.39, 0.29) is 17.9 Å². The van der Waals surface area contributed by atoms with Gasteiger partial charge in [0.1, 0.15) is 22.7 Å². The second-order valence-electron chi connectivity index (χ2n) is 9.42. The molecule has 33 heavy (non-hydrogen) atoms. The van der Waals surface area contributed by atoms with Crippen LogP contribution in [0.5, 0.6) is 11.5 Å². The van der Waals surface area contributed by atoms with E-state index in [4.69, 9.17) is 18.6 Å². The van der Waals surface area contributed by atoms with Gasteiger partial charge in [0.2, 0.25) is 5.91 Å². The molecule has 1 aromatic carbocycles. The largest absolute Gasteiger partial charge is 0.496 e. The molecule has 0 saturated carbocycles. The average Bonchev–Trinajstić information content (AvgIpc) is 2.78. The molecule has 8 heteroatoms. The molecule has 0 aliphatic carbocycles. The summed E-state index contributed by atoms with van der Waals surface area (Å²) < 4.78 is 22.9. The van der Waals surface area contributed by atoms with E-state index in [1.54, 1.807) is 7.11 Å². The van der Waals surface area contributed by atoms with Gasteiger partial charge in [-0.05, 0) is 45.6 Å². The molecule has 0 atom stereocenters. The van der Waals surface area contributed by atoms with Crippen LogP contribution in [-0.4, -0.2) is 62.9 Å². The number of fused-ring (bicyclic) bond motifs is 3. The Morgan fingerprint density at radius 1 is 1.27 bits per heavy atom. The van der Waals surface area contributed by atoms with E-state index < -0.39 is 5.63 Å². The fourth-order valence-corrected chi connectivity index (χ4v) is 4.64. The van der Waals surface area contributed by atoms with Gasteiger partial charge >= 0.3 is 5.63 Å². The van der Waals surface area contributed by atoms with E-state index >= 15 is 0 Å². The first-order valence-corrected chi connectivity index (χ1v) is 11.7. The van der Waals surface area contributed by atoms with Crippen molar-refractivity contribution in [2.75, 3.05) is 46.5 Å². The minimum Gasteiger partial charge on any atom is -0.496 e. The number of ether oxygens (including phenoxy) is 3. The van der Waals surface area contributed by atoms with E-state index in [1.807, 2.05) is 26.8 Å². The summed E-state index contributed by atoms with van der Waals surface area (Å²) in [5.41, 5.74) is 2.06. The summed E-state index contributed by atoms with van der Waals surface area (Å²) in [6.07, 6.45) is 2.13. The van der Waals surface area contributed by atoms with Gasteiger partial charge in [-0.25, -0.2) is 4.79 Å². The second kappa shape index (κ2) is 9.73. The van der Waals surface area contributed by atoms with Gasteiger partial charge in [0.15, 0.2) is 0 Å². The minimum atomic E-state index is -0.401. The molecule has 2 aliphatic rings. The number of benzene rings is 1. The quantitative estimate of drug-likeness (QED) is 0.638. The molecule has 0 bridgehead atoms. The molecule has 4 rings (SSSR count). The highest BCUT2D eigenvalue weighted by Crippen LogP contribution is 2.43. The van der Waals surface area contributed by atoms with Crippen molar-refractivity contribution in [2.45, 2.75) is 52.1 Å².